The van der Waals surface area contributed by atoms with Crippen molar-refractivity contribution in [3.05, 3.63) is 35.4 Å². The van der Waals surface area contributed by atoms with Crippen LogP contribution in [0.3, 0.4) is 0 Å². The molecule has 1 aromatic rings. The van der Waals surface area contributed by atoms with Crippen LogP contribution in [-0.4, -0.2) is 38.3 Å². The molecule has 158 valence electrons. The monoisotopic (exact) mass is 416 g/mol. The molecule has 1 aliphatic heterocycles. The van der Waals surface area contributed by atoms with Crippen molar-refractivity contribution in [2.45, 2.75) is 78.2 Å². The van der Waals surface area contributed by atoms with Crippen LogP contribution in [0, 0.1) is 17.4 Å². The Morgan fingerprint density at radius 3 is 2.07 bits per heavy atom. The smallest absolute Gasteiger partial charge is 0.303 e. The summed E-state index contributed by atoms with van der Waals surface area (Å²) in [4.78, 5) is 23.5. The summed E-state index contributed by atoms with van der Waals surface area (Å²) >= 11 is 0. The molecule has 5 atom stereocenters. The summed E-state index contributed by atoms with van der Waals surface area (Å²) in [7, 11) is -1.45. The van der Waals surface area contributed by atoms with Gasteiger partial charge in [-0.25, -0.2) is 0 Å². The number of carbonyl (C=O) groups excluding carboxylic acids is 2. The number of rotatable bonds is 4. The molecule has 0 amide bonds. The van der Waals surface area contributed by atoms with Gasteiger partial charge in [-0.1, -0.05) is 51.5 Å². The van der Waals surface area contributed by atoms with Gasteiger partial charge in [0.15, 0.2) is 6.10 Å². The molecule has 0 bridgehead atoms. The molecule has 5 nitrogen and oxygen atoms in total. The third kappa shape index (κ3) is 6.45. The minimum atomic E-state index is -1.45. The highest BCUT2D eigenvalue weighted by molar-refractivity contribution is 6.83. The molecule has 0 spiro atoms. The van der Waals surface area contributed by atoms with E-state index in [1.807, 2.05) is 38.1 Å². The first kappa shape index (κ1) is 23.2. The van der Waals surface area contributed by atoms with Crippen molar-refractivity contribution in [2.24, 2.45) is 5.92 Å². The fraction of sp³-hybridized carbons (Fsp3) is 0.565. The molecule has 2 rings (SSSR count). The minimum absolute atomic E-state index is 0.0913. The van der Waals surface area contributed by atoms with E-state index in [-0.39, 0.29) is 12.0 Å². The van der Waals surface area contributed by atoms with Gasteiger partial charge in [-0.3, -0.25) is 9.59 Å². The lowest BCUT2D eigenvalue weighted by Gasteiger charge is -2.44. The summed E-state index contributed by atoms with van der Waals surface area (Å²) in [5, 5.41) is 0. The van der Waals surface area contributed by atoms with Crippen molar-refractivity contribution >= 4 is 20.0 Å². The number of ether oxygens (including phenoxy) is 3. The Kier molecular flexibility index (Phi) is 7.67. The van der Waals surface area contributed by atoms with Gasteiger partial charge in [-0.2, -0.15) is 0 Å². The van der Waals surface area contributed by atoms with E-state index < -0.39 is 38.3 Å². The van der Waals surface area contributed by atoms with Crippen molar-refractivity contribution in [1.82, 2.24) is 0 Å². The van der Waals surface area contributed by atoms with Gasteiger partial charge >= 0.3 is 11.9 Å². The fourth-order valence-corrected chi connectivity index (χ4v) is 4.03. The maximum absolute atomic E-state index is 11.8. The average Bonchev–Trinajstić information content (AvgIpc) is 2.62. The second-order valence-corrected chi connectivity index (χ2v) is 13.4. The first-order chi connectivity index (χ1) is 13.5. The Bertz CT molecular complexity index is 784. The lowest BCUT2D eigenvalue weighted by atomic mass is 9.84. The molecule has 0 N–H and O–H groups in total. The maximum Gasteiger partial charge on any atom is 0.303 e. The van der Waals surface area contributed by atoms with Crippen LogP contribution in [0.2, 0.25) is 19.6 Å². The maximum atomic E-state index is 11.8. The topological polar surface area (TPSA) is 61.8 Å². The van der Waals surface area contributed by atoms with Gasteiger partial charge in [0.2, 0.25) is 0 Å². The standard InChI is InChI=1S/C23H32O5Si/c1-8-20-15(2)21(26-16(3)24)23(27-17(4)25)22(28-20)19-11-9-18(10-12-19)13-14-29(5,6)7/h9-12,15,20-23H,8H2,1-7H3/t15-,20-,21+,22-,23+/m1/s1. The number of hydrogen-bond donors (Lipinski definition) is 0. The molecule has 0 radical (unpaired) electrons. The van der Waals surface area contributed by atoms with Gasteiger partial charge in [0, 0.05) is 25.3 Å². The molecule has 6 heteroatoms. The second kappa shape index (κ2) is 9.60. The first-order valence-corrected chi connectivity index (χ1v) is 13.6. The average molecular weight is 417 g/mol. The van der Waals surface area contributed by atoms with Crippen LogP contribution in [0.5, 0.6) is 0 Å². The molecule has 1 heterocycles. The highest BCUT2D eigenvalue weighted by Gasteiger charge is 2.47. The molecule has 0 saturated carbocycles. The molecular weight excluding hydrogens is 384 g/mol. The third-order valence-corrected chi connectivity index (χ3v) is 5.75. The van der Waals surface area contributed by atoms with Gasteiger partial charge in [-0.15, -0.1) is 5.54 Å². The molecule has 1 aliphatic rings. The summed E-state index contributed by atoms with van der Waals surface area (Å²) in [5.41, 5.74) is 5.16. The molecule has 0 aromatic heterocycles. The van der Waals surface area contributed by atoms with E-state index in [1.54, 1.807) is 0 Å². The van der Waals surface area contributed by atoms with Crippen LogP contribution in [0.15, 0.2) is 24.3 Å². The third-order valence-electron chi connectivity index (χ3n) is 4.88. The van der Waals surface area contributed by atoms with Crippen LogP contribution in [0.4, 0.5) is 0 Å². The number of carbonyl (C=O) groups is 2. The Balaban J connectivity index is 2.38. The van der Waals surface area contributed by atoms with Crippen LogP contribution in [0.1, 0.15) is 51.3 Å². The highest BCUT2D eigenvalue weighted by Crippen LogP contribution is 2.39. The highest BCUT2D eigenvalue weighted by atomic mass is 28.3. The molecule has 29 heavy (non-hydrogen) atoms. The van der Waals surface area contributed by atoms with E-state index >= 15 is 0 Å². The predicted molar refractivity (Wildman–Crippen MR) is 115 cm³/mol. The van der Waals surface area contributed by atoms with E-state index in [0.717, 1.165) is 17.5 Å². The summed E-state index contributed by atoms with van der Waals surface area (Å²) in [6, 6.07) is 7.80. The summed E-state index contributed by atoms with van der Waals surface area (Å²) in [6.45, 7) is 13.3. The number of esters is 2. The molecule has 1 aromatic carbocycles. The number of hydrogen-bond acceptors (Lipinski definition) is 5. The Morgan fingerprint density at radius 2 is 1.59 bits per heavy atom. The van der Waals surface area contributed by atoms with E-state index in [9.17, 15) is 9.59 Å². The SMILES string of the molecule is CC[C@H]1O[C@H](c2ccc(C#C[Si](C)(C)C)cc2)[C@@H](OC(C)=O)[C@@H](OC(C)=O)[C@@H]1C. The van der Waals surface area contributed by atoms with E-state index in [0.29, 0.717) is 0 Å². The zero-order valence-corrected chi connectivity index (χ0v) is 19.4. The van der Waals surface area contributed by atoms with Crippen LogP contribution >= 0.6 is 0 Å². The molecular formula is C23H32O5Si. The largest absolute Gasteiger partial charge is 0.458 e. The Morgan fingerprint density at radius 1 is 1.03 bits per heavy atom. The normalized spacial score (nSPS) is 26.8. The fourth-order valence-electron chi connectivity index (χ4n) is 3.51. The van der Waals surface area contributed by atoms with Crippen LogP contribution in [0.25, 0.3) is 0 Å². The van der Waals surface area contributed by atoms with E-state index in [1.165, 1.54) is 13.8 Å². The van der Waals surface area contributed by atoms with Gasteiger partial charge in [0.25, 0.3) is 0 Å². The van der Waals surface area contributed by atoms with Crippen molar-refractivity contribution < 1.29 is 23.8 Å². The molecule has 1 fully saturated rings. The zero-order valence-electron chi connectivity index (χ0n) is 18.4. The van der Waals surface area contributed by atoms with E-state index in [4.69, 9.17) is 14.2 Å². The van der Waals surface area contributed by atoms with E-state index in [2.05, 4.69) is 31.1 Å². The second-order valence-electron chi connectivity index (χ2n) is 8.63. The quantitative estimate of drug-likeness (QED) is 0.417. The van der Waals surface area contributed by atoms with Gasteiger partial charge < -0.3 is 14.2 Å². The van der Waals surface area contributed by atoms with Crippen molar-refractivity contribution in [2.75, 3.05) is 0 Å². The lowest BCUT2D eigenvalue weighted by molar-refractivity contribution is -0.225. The van der Waals surface area contributed by atoms with Gasteiger partial charge in [-0.05, 0) is 24.1 Å². The minimum Gasteiger partial charge on any atom is -0.458 e. The number of benzene rings is 1. The summed E-state index contributed by atoms with van der Waals surface area (Å²) in [5.74, 6) is 2.32. The molecule has 0 aliphatic carbocycles. The van der Waals surface area contributed by atoms with Crippen LogP contribution in [-0.2, 0) is 23.8 Å². The lowest BCUT2D eigenvalue weighted by Crippen LogP contribution is -2.52. The summed E-state index contributed by atoms with van der Waals surface area (Å²) in [6.07, 6.45) is -1.12. The summed E-state index contributed by atoms with van der Waals surface area (Å²) < 4.78 is 17.5. The van der Waals surface area contributed by atoms with Gasteiger partial charge in [0.05, 0.1) is 6.10 Å². The van der Waals surface area contributed by atoms with Crippen molar-refractivity contribution in [3.8, 4) is 11.5 Å². The first-order valence-electron chi connectivity index (χ1n) is 10.1. The molecule has 1 saturated heterocycles. The van der Waals surface area contributed by atoms with Crippen molar-refractivity contribution in [1.29, 1.82) is 0 Å². The van der Waals surface area contributed by atoms with Gasteiger partial charge in [0.1, 0.15) is 20.3 Å². The molecule has 0 unspecified atom stereocenters. The van der Waals surface area contributed by atoms with Crippen molar-refractivity contribution in [3.63, 3.8) is 0 Å². The van der Waals surface area contributed by atoms with Crippen LogP contribution < -0.4 is 0 Å². The predicted octanol–water partition coefficient (Wildman–Crippen LogP) is 4.26. The Hall–Kier alpha value is -2.10. The zero-order chi connectivity index (χ0) is 21.8. The Labute approximate surface area is 175 Å².